The molecule has 0 N–H and O–H groups in total. The molecule has 3 saturated carbocycles. The fourth-order valence-electron chi connectivity index (χ4n) is 15.7. The molecule has 0 amide bonds. The van der Waals surface area contributed by atoms with Crippen LogP contribution in [-0.4, -0.2) is 93.9 Å². The molecule has 1 aliphatic heterocycles. The second kappa shape index (κ2) is 32.1. The summed E-state index contributed by atoms with van der Waals surface area (Å²) in [5.74, 6) is -0.841. The highest BCUT2D eigenvalue weighted by molar-refractivity contribution is 9.10. The summed E-state index contributed by atoms with van der Waals surface area (Å²) in [6, 6.07) is 80.8. The summed E-state index contributed by atoms with van der Waals surface area (Å²) >= 11 is 3.63. The topological polar surface area (TPSA) is 175 Å². The van der Waals surface area contributed by atoms with E-state index in [0.717, 1.165) is 59.0 Å². The molecule has 101 heavy (non-hydrogen) atoms. The van der Waals surface area contributed by atoms with Gasteiger partial charge < -0.3 is 47.1 Å². The molecule has 0 radical (unpaired) electrons. The molecule has 4 fully saturated rings. The fourth-order valence-corrected chi connectivity index (χ4v) is 20.6. The van der Waals surface area contributed by atoms with Crippen LogP contribution in [0, 0.1) is 16.7 Å². The van der Waals surface area contributed by atoms with Crippen LogP contribution in [0.25, 0.3) is 21.2 Å². The number of fused-ring (bicyclic) bond motifs is 3. The van der Waals surface area contributed by atoms with Gasteiger partial charge in [0, 0.05) is 15.8 Å². The summed E-state index contributed by atoms with van der Waals surface area (Å²) in [6.45, 7) is 10.9. The highest BCUT2D eigenvalue weighted by atomic mass is 79.9. The Balaban J connectivity index is 0.994. The minimum absolute atomic E-state index is 0.00668. The van der Waals surface area contributed by atoms with Crippen molar-refractivity contribution in [2.45, 2.75) is 166 Å². The number of carbonyl (C=O) groups is 2. The molecule has 0 spiro atoms. The minimum Gasteiger partial charge on any atom is -0.456 e. The van der Waals surface area contributed by atoms with Crippen LogP contribution in [0.4, 0.5) is 0 Å². The van der Waals surface area contributed by atoms with Gasteiger partial charge in [0.25, 0.3) is 8.32 Å². The maximum atomic E-state index is 16.1. The second-order valence-corrected chi connectivity index (χ2v) is 33.8. The van der Waals surface area contributed by atoms with E-state index in [-0.39, 0.29) is 64.4 Å². The number of esters is 1. The van der Waals surface area contributed by atoms with E-state index >= 15 is 4.79 Å². The number of hydrogen-bond acceptors (Lipinski definition) is 13. The summed E-state index contributed by atoms with van der Waals surface area (Å²) in [5.41, 5.74) is 14.0. The largest absolute Gasteiger partial charge is 0.456 e. The molecule has 0 aromatic heterocycles. The van der Waals surface area contributed by atoms with Gasteiger partial charge in [0.05, 0.1) is 46.2 Å². The lowest BCUT2D eigenvalue weighted by Gasteiger charge is -2.52. The Hall–Kier alpha value is -7.97. The van der Waals surface area contributed by atoms with Gasteiger partial charge in [0.15, 0.2) is 18.2 Å². The first-order valence-electron chi connectivity index (χ1n) is 35.1. The highest BCUT2D eigenvalue weighted by Gasteiger charge is 2.70. The first kappa shape index (κ1) is 71.4. The fraction of sp³-hybridized carbons (Fsp3) is 0.357. The van der Waals surface area contributed by atoms with E-state index in [1.807, 2.05) is 214 Å². The first-order chi connectivity index (χ1) is 49.1. The minimum atomic E-state index is -3.37. The molecular weight excluding hydrogens is 1350 g/mol. The number of halogens is 1. The predicted octanol–water partition coefficient (Wildman–Crippen LogP) is 16.1. The monoisotopic (exact) mass is 1440 g/mol. The van der Waals surface area contributed by atoms with E-state index in [4.69, 9.17) is 47.1 Å². The molecule has 1 heterocycles. The summed E-state index contributed by atoms with van der Waals surface area (Å²) < 4.78 is 75.7. The second-order valence-electron chi connectivity index (χ2n) is 28.6. The average Bonchev–Trinajstić information content (AvgIpc) is 1.55. The molecule has 15 nitrogen and oxygen atoms in total. The van der Waals surface area contributed by atoms with Gasteiger partial charge >= 0.3 is 5.97 Å². The molecule has 17 heteroatoms. The number of Topliss-reactive ketones (excluding diaryl/α,β-unsaturated/α-hetero) is 1. The number of nitrogens with zero attached hydrogens (tertiary/aromatic N) is 3. The van der Waals surface area contributed by atoms with Gasteiger partial charge in [-0.05, 0) is 107 Å². The third-order valence-electron chi connectivity index (χ3n) is 21.2. The van der Waals surface area contributed by atoms with Crippen LogP contribution >= 0.6 is 15.9 Å². The lowest BCUT2D eigenvalue weighted by atomic mass is 9.69. The quantitative estimate of drug-likeness (QED) is 0.0113. The van der Waals surface area contributed by atoms with Crippen molar-refractivity contribution in [3.05, 3.63) is 297 Å². The number of carbonyl (C=O) groups excluding carboxylic acids is 2. The maximum absolute atomic E-state index is 16.1. The summed E-state index contributed by atoms with van der Waals surface area (Å²) in [4.78, 5) is 34.4. The van der Waals surface area contributed by atoms with E-state index in [9.17, 15) is 10.3 Å². The van der Waals surface area contributed by atoms with Crippen molar-refractivity contribution in [1.29, 1.82) is 0 Å². The Kier molecular flexibility index (Phi) is 22.7. The first-order valence-corrected chi connectivity index (χ1v) is 37.8. The van der Waals surface area contributed by atoms with Crippen LogP contribution in [0.15, 0.2) is 258 Å². The number of hydrogen-bond donors (Lipinski definition) is 0. The molecule has 522 valence electrons. The van der Waals surface area contributed by atoms with E-state index in [1.54, 1.807) is 0 Å². The molecule has 4 aliphatic rings. The van der Waals surface area contributed by atoms with E-state index in [2.05, 4.69) is 95.3 Å². The van der Waals surface area contributed by atoms with Crippen molar-refractivity contribution in [2.24, 2.45) is 21.9 Å². The highest BCUT2D eigenvalue weighted by Crippen LogP contribution is 2.64. The number of azide groups is 1. The van der Waals surface area contributed by atoms with Crippen LogP contribution in [-0.2, 0) is 96.3 Å². The van der Waals surface area contributed by atoms with Crippen LogP contribution in [0.2, 0.25) is 5.04 Å². The number of benzene rings is 9. The number of rotatable bonds is 28. The van der Waals surface area contributed by atoms with Crippen molar-refractivity contribution in [3.63, 3.8) is 0 Å². The molecule has 9 aromatic carbocycles. The molecule has 9 aromatic rings. The Labute approximate surface area is 601 Å². The normalized spacial score (nSPS) is 25.5. The standard InChI is InChI=1S/C84H88BrN3O12Si/c1-82(2,3)101(67-36-20-10-21-37-67,68-38-22-11-23-39-68)97-56-69-72(91-55-62-40-43-63-34-24-25-35-64(63)48-62)73(92-54-61-41-44-66(85)45-42-61)71(87-88-86)80(98-69)99-78-75(94-51-58-28-14-7-15-29-58)74(93-50-57-26-12-6-13-27-57)76(95-52-59-30-16-8-17-31-59)79(77(78)96-53-60-32-18-9-19-33-60)100-81(90)84-47-46-65(49-70(84)89)83(84,4)5/h6-45,48,65,69,71-80H,46-47,49-56H2,1-5H3/t65-,69-,71-,72-,73-,74-,75-,76+,77+,78+,79-,80-,84+/m1/s1. The maximum Gasteiger partial charge on any atom is 0.320 e. The lowest BCUT2D eigenvalue weighted by Crippen LogP contribution is -2.70. The van der Waals surface area contributed by atoms with Crippen molar-refractivity contribution >= 4 is 57.1 Å². The molecule has 2 bridgehead atoms. The third-order valence-corrected chi connectivity index (χ3v) is 26.7. The van der Waals surface area contributed by atoms with E-state index in [1.165, 1.54) is 0 Å². The van der Waals surface area contributed by atoms with Gasteiger partial charge in [-0.15, -0.1) is 0 Å². The van der Waals surface area contributed by atoms with Crippen LogP contribution in [0.3, 0.4) is 0 Å². The van der Waals surface area contributed by atoms with Gasteiger partial charge in [-0.3, -0.25) is 9.59 Å². The summed E-state index contributed by atoms with van der Waals surface area (Å²) in [6.07, 6.45) is -10.8. The number of ketones is 1. The lowest BCUT2D eigenvalue weighted by molar-refractivity contribution is -0.339. The van der Waals surface area contributed by atoms with Gasteiger partial charge in [0.1, 0.15) is 60.3 Å². The third kappa shape index (κ3) is 15.5. The molecule has 3 aliphatic carbocycles. The Morgan fingerprint density at radius 3 is 1.42 bits per heavy atom. The van der Waals surface area contributed by atoms with Gasteiger partial charge in [-0.1, -0.05) is 286 Å². The van der Waals surface area contributed by atoms with Crippen LogP contribution < -0.4 is 10.4 Å². The average molecular weight is 1440 g/mol. The molecule has 1 saturated heterocycles. The SMILES string of the molecule is CC1(C)[C@@H]2CC[C@@]1(C(=O)O[C@H]1[C@@H](OCc3ccccc3)[C@@H](O[C@H]3O[C@H](CO[Si](c4ccccc4)(c4ccccc4)C(C)(C)C)[C@@H](OCc4ccc5ccccc5c4)[C@H](OCc4ccc(Br)cc4)[C@H]3N=[N+]=[N-])[C@H](OCc3ccccc3)[C@@H](OCc3ccccc3)[C@@H]1OCc1ccccc1)C(=O)C2. The van der Waals surface area contributed by atoms with Crippen molar-refractivity contribution in [3.8, 4) is 0 Å². The Bertz CT molecular complexity index is 4190. The predicted molar refractivity (Wildman–Crippen MR) is 394 cm³/mol. The summed E-state index contributed by atoms with van der Waals surface area (Å²) in [7, 11) is -3.37. The van der Waals surface area contributed by atoms with Crippen LogP contribution in [0.5, 0.6) is 0 Å². The van der Waals surface area contributed by atoms with E-state index < -0.39 is 97.4 Å². The number of ether oxygens (including phenoxy) is 9. The van der Waals surface area contributed by atoms with Gasteiger partial charge in [0.2, 0.25) is 0 Å². The zero-order valence-corrected chi connectivity index (χ0v) is 60.4. The van der Waals surface area contributed by atoms with Crippen molar-refractivity contribution in [1.82, 2.24) is 0 Å². The molecular formula is C84H88BrN3O12Si. The zero-order valence-electron chi connectivity index (χ0n) is 57.8. The molecule has 0 unspecified atom stereocenters. The molecule has 13 atom stereocenters. The van der Waals surface area contributed by atoms with Gasteiger partial charge in [-0.25, -0.2) is 0 Å². The van der Waals surface area contributed by atoms with Crippen molar-refractivity contribution < 1.29 is 56.6 Å². The van der Waals surface area contributed by atoms with Gasteiger partial charge in [-0.2, -0.15) is 0 Å². The zero-order chi connectivity index (χ0) is 70.0. The summed E-state index contributed by atoms with van der Waals surface area (Å²) in [5, 5.41) is 8.41. The van der Waals surface area contributed by atoms with Crippen molar-refractivity contribution in [2.75, 3.05) is 6.61 Å². The Morgan fingerprint density at radius 2 is 0.941 bits per heavy atom. The molecule has 13 rings (SSSR count). The smallest absolute Gasteiger partial charge is 0.320 e. The van der Waals surface area contributed by atoms with Crippen LogP contribution in [0.1, 0.15) is 87.3 Å². The Morgan fingerprint density at radius 1 is 0.525 bits per heavy atom. The van der Waals surface area contributed by atoms with E-state index in [0.29, 0.717) is 12.8 Å².